The summed E-state index contributed by atoms with van der Waals surface area (Å²) in [5, 5.41) is 0. The van der Waals surface area contributed by atoms with E-state index in [0.717, 1.165) is 5.56 Å². The summed E-state index contributed by atoms with van der Waals surface area (Å²) in [4.78, 5) is 27.1. The molecule has 0 aliphatic rings. The van der Waals surface area contributed by atoms with Crippen LogP contribution in [0.1, 0.15) is 28.8 Å². The Bertz CT molecular complexity index is 662. The minimum absolute atomic E-state index is 0.0568. The summed E-state index contributed by atoms with van der Waals surface area (Å²) in [6.45, 7) is 2.30. The molecule has 1 aromatic carbocycles. The number of carbonyl (C=O) groups excluding carboxylic acids is 1. The highest BCUT2D eigenvalue weighted by Crippen LogP contribution is 2.07. The van der Waals surface area contributed by atoms with Gasteiger partial charge in [-0.2, -0.15) is 0 Å². The van der Waals surface area contributed by atoms with Crippen molar-refractivity contribution < 1.29 is 9.18 Å². The van der Waals surface area contributed by atoms with E-state index in [2.05, 4.69) is 4.98 Å². The van der Waals surface area contributed by atoms with E-state index in [0.29, 0.717) is 24.9 Å². The second-order valence-corrected chi connectivity index (χ2v) is 4.64. The zero-order chi connectivity index (χ0) is 14.5. The van der Waals surface area contributed by atoms with Crippen LogP contribution >= 0.6 is 0 Å². The van der Waals surface area contributed by atoms with E-state index < -0.39 is 0 Å². The van der Waals surface area contributed by atoms with E-state index >= 15 is 0 Å². The van der Waals surface area contributed by atoms with Crippen LogP contribution < -0.4 is 5.69 Å². The van der Waals surface area contributed by atoms with Crippen LogP contribution in [0.15, 0.2) is 41.5 Å². The molecule has 0 bridgehead atoms. The molecule has 2 rings (SSSR count). The first kappa shape index (κ1) is 14.1. The number of hydrogen-bond donors (Lipinski definition) is 0. The van der Waals surface area contributed by atoms with E-state index in [1.807, 2.05) is 6.92 Å². The van der Waals surface area contributed by atoms with Crippen molar-refractivity contribution in [3.05, 3.63) is 64.1 Å². The normalized spacial score (nSPS) is 10.5. The third-order valence-electron chi connectivity index (χ3n) is 2.95. The standard InChI is InChI=1S/C15H15FN2O2/c1-11-9-17-15(20)18(10-11)8-2-3-14(19)12-4-6-13(16)7-5-12/h4-7,9-10H,2-3,8H2,1H3. The molecule has 1 heterocycles. The molecule has 0 spiro atoms. The van der Waals surface area contributed by atoms with Gasteiger partial charge in [0.25, 0.3) is 0 Å². The Kier molecular flexibility index (Phi) is 4.40. The molecule has 0 radical (unpaired) electrons. The number of Topliss-reactive ketones (excluding diaryl/α,β-unsaturated/α-hetero) is 1. The second kappa shape index (κ2) is 6.23. The summed E-state index contributed by atoms with van der Waals surface area (Å²) in [6, 6.07) is 5.47. The quantitative estimate of drug-likeness (QED) is 0.786. The fraction of sp³-hybridized carbons (Fsp3) is 0.267. The maximum Gasteiger partial charge on any atom is 0.347 e. The van der Waals surface area contributed by atoms with Crippen molar-refractivity contribution in [3.8, 4) is 0 Å². The maximum atomic E-state index is 12.7. The first-order chi connectivity index (χ1) is 9.56. The summed E-state index contributed by atoms with van der Waals surface area (Å²) in [5.41, 5.74) is 1.07. The second-order valence-electron chi connectivity index (χ2n) is 4.64. The summed E-state index contributed by atoms with van der Waals surface area (Å²) in [5.74, 6) is -0.419. The van der Waals surface area contributed by atoms with Gasteiger partial charge in [-0.3, -0.25) is 9.36 Å². The minimum Gasteiger partial charge on any atom is -0.299 e. The van der Waals surface area contributed by atoms with Crippen LogP contribution in [0.3, 0.4) is 0 Å². The molecule has 0 saturated heterocycles. The lowest BCUT2D eigenvalue weighted by molar-refractivity contribution is 0.0978. The largest absolute Gasteiger partial charge is 0.347 e. The monoisotopic (exact) mass is 274 g/mol. The number of benzene rings is 1. The molecule has 0 N–H and O–H groups in total. The topological polar surface area (TPSA) is 52.0 Å². The lowest BCUT2D eigenvalue weighted by Gasteiger charge is -2.05. The number of ketones is 1. The van der Waals surface area contributed by atoms with Gasteiger partial charge in [-0.05, 0) is 43.2 Å². The van der Waals surface area contributed by atoms with Gasteiger partial charge in [-0.15, -0.1) is 0 Å². The molecule has 0 aliphatic carbocycles. The van der Waals surface area contributed by atoms with Crippen LogP contribution in [0.25, 0.3) is 0 Å². The summed E-state index contributed by atoms with van der Waals surface area (Å²) >= 11 is 0. The number of aryl methyl sites for hydroxylation is 2. The van der Waals surface area contributed by atoms with E-state index in [1.165, 1.54) is 35.0 Å². The summed E-state index contributed by atoms with van der Waals surface area (Å²) in [7, 11) is 0. The fourth-order valence-electron chi connectivity index (χ4n) is 1.92. The van der Waals surface area contributed by atoms with Crippen molar-refractivity contribution in [3.63, 3.8) is 0 Å². The Morgan fingerprint density at radius 3 is 2.70 bits per heavy atom. The minimum atomic E-state index is -0.362. The van der Waals surface area contributed by atoms with Gasteiger partial charge < -0.3 is 0 Å². The molecule has 1 aromatic heterocycles. The third kappa shape index (κ3) is 3.60. The van der Waals surface area contributed by atoms with Gasteiger partial charge in [0.05, 0.1) is 0 Å². The first-order valence-corrected chi connectivity index (χ1v) is 6.38. The van der Waals surface area contributed by atoms with Crippen LogP contribution in [0, 0.1) is 12.7 Å². The van der Waals surface area contributed by atoms with Gasteiger partial charge >= 0.3 is 5.69 Å². The molecule has 0 amide bonds. The number of carbonyl (C=O) groups is 1. The average molecular weight is 274 g/mol. The number of aromatic nitrogens is 2. The molecule has 2 aromatic rings. The average Bonchev–Trinajstić information content (AvgIpc) is 2.43. The van der Waals surface area contributed by atoms with E-state index in [-0.39, 0.29) is 17.3 Å². The van der Waals surface area contributed by atoms with Crippen molar-refractivity contribution in [2.45, 2.75) is 26.3 Å². The van der Waals surface area contributed by atoms with Crippen molar-refractivity contribution in [2.75, 3.05) is 0 Å². The molecule has 5 heteroatoms. The third-order valence-corrected chi connectivity index (χ3v) is 2.95. The molecular formula is C15H15FN2O2. The SMILES string of the molecule is Cc1cnc(=O)n(CCCC(=O)c2ccc(F)cc2)c1. The van der Waals surface area contributed by atoms with Gasteiger partial charge in [0.15, 0.2) is 5.78 Å². The molecule has 0 fully saturated rings. The highest BCUT2D eigenvalue weighted by atomic mass is 19.1. The zero-order valence-corrected chi connectivity index (χ0v) is 11.2. The Morgan fingerprint density at radius 1 is 1.30 bits per heavy atom. The Morgan fingerprint density at radius 2 is 2.00 bits per heavy atom. The number of nitrogens with zero attached hydrogens (tertiary/aromatic N) is 2. The molecule has 20 heavy (non-hydrogen) atoms. The number of rotatable bonds is 5. The van der Waals surface area contributed by atoms with Gasteiger partial charge in [0.1, 0.15) is 5.82 Å². The van der Waals surface area contributed by atoms with Crippen molar-refractivity contribution >= 4 is 5.78 Å². The van der Waals surface area contributed by atoms with Crippen molar-refractivity contribution in [2.24, 2.45) is 0 Å². The van der Waals surface area contributed by atoms with Crippen LogP contribution in [0.5, 0.6) is 0 Å². The van der Waals surface area contributed by atoms with Crippen LogP contribution in [-0.4, -0.2) is 15.3 Å². The summed E-state index contributed by atoms with van der Waals surface area (Å²) in [6.07, 6.45) is 4.09. The molecule has 0 saturated carbocycles. The maximum absolute atomic E-state index is 12.7. The van der Waals surface area contributed by atoms with E-state index in [4.69, 9.17) is 0 Å². The summed E-state index contributed by atoms with van der Waals surface area (Å²) < 4.78 is 14.2. The van der Waals surface area contributed by atoms with Gasteiger partial charge in [-0.25, -0.2) is 14.2 Å². The molecule has 4 nitrogen and oxygen atoms in total. The highest BCUT2D eigenvalue weighted by Gasteiger charge is 2.06. The van der Waals surface area contributed by atoms with Crippen molar-refractivity contribution in [1.29, 1.82) is 0 Å². The predicted octanol–water partition coefficient (Wildman–Crippen LogP) is 2.35. The van der Waals surface area contributed by atoms with Crippen LogP contribution in [0.4, 0.5) is 4.39 Å². The van der Waals surface area contributed by atoms with Gasteiger partial charge in [0.2, 0.25) is 0 Å². The zero-order valence-electron chi connectivity index (χ0n) is 11.2. The Hall–Kier alpha value is -2.30. The van der Waals surface area contributed by atoms with Gasteiger partial charge in [-0.1, -0.05) is 0 Å². The predicted molar refractivity (Wildman–Crippen MR) is 73.2 cm³/mol. The van der Waals surface area contributed by atoms with Crippen LogP contribution in [0.2, 0.25) is 0 Å². The van der Waals surface area contributed by atoms with Crippen LogP contribution in [-0.2, 0) is 6.54 Å². The smallest absolute Gasteiger partial charge is 0.299 e. The first-order valence-electron chi connectivity index (χ1n) is 6.38. The molecule has 0 aliphatic heterocycles. The number of hydrogen-bond acceptors (Lipinski definition) is 3. The fourth-order valence-corrected chi connectivity index (χ4v) is 1.92. The lowest BCUT2D eigenvalue weighted by atomic mass is 10.1. The van der Waals surface area contributed by atoms with Crippen molar-refractivity contribution in [1.82, 2.24) is 9.55 Å². The van der Waals surface area contributed by atoms with E-state index in [1.54, 1.807) is 6.20 Å². The molecule has 0 atom stereocenters. The van der Waals surface area contributed by atoms with E-state index in [9.17, 15) is 14.0 Å². The molecule has 0 unspecified atom stereocenters. The van der Waals surface area contributed by atoms with Gasteiger partial charge in [0, 0.05) is 30.9 Å². The Balaban J connectivity index is 1.92. The Labute approximate surface area is 115 Å². The highest BCUT2D eigenvalue weighted by molar-refractivity contribution is 5.95. The molecular weight excluding hydrogens is 259 g/mol. The number of halogens is 1. The lowest BCUT2D eigenvalue weighted by Crippen LogP contribution is -2.22. The molecule has 104 valence electrons.